The molecule has 41 heavy (non-hydrogen) atoms. The standard InChI is InChI=1S/C27H26F3N5O4S2/c1-17(2)40(36,37)19-6-8-20(9-7-19)41(38,39)35-23-5-3-4-21(29)24(23)26(32-35)34-13-12-33(16-27(34)10-11-27)25-22(30)14-18(28)15-31-25/h3-9,14-15,17H,10-13,16H2,1-2H3. The third kappa shape index (κ3) is 4.43. The van der Waals surface area contributed by atoms with Crippen LogP contribution in [0.4, 0.5) is 24.8 Å². The van der Waals surface area contributed by atoms with Crippen LogP contribution in [0.5, 0.6) is 0 Å². The molecule has 2 aliphatic rings. The Balaban J connectivity index is 1.40. The van der Waals surface area contributed by atoms with Crippen molar-refractivity contribution in [1.29, 1.82) is 0 Å². The maximum atomic E-state index is 15.3. The highest BCUT2D eigenvalue weighted by molar-refractivity contribution is 7.92. The fourth-order valence-corrected chi connectivity index (χ4v) is 7.67. The summed E-state index contributed by atoms with van der Waals surface area (Å²) in [5, 5.41) is 3.77. The Kier molecular flexibility index (Phi) is 6.34. The van der Waals surface area contributed by atoms with Gasteiger partial charge in [-0.1, -0.05) is 6.07 Å². The minimum absolute atomic E-state index is 0.0101. The lowest BCUT2D eigenvalue weighted by molar-refractivity contribution is 0.489. The van der Waals surface area contributed by atoms with Crippen LogP contribution in [0.1, 0.15) is 26.7 Å². The van der Waals surface area contributed by atoms with Gasteiger partial charge >= 0.3 is 0 Å². The topological polar surface area (TPSA) is 105 Å². The first-order valence-electron chi connectivity index (χ1n) is 13.0. The fourth-order valence-electron chi connectivity index (χ4n) is 5.33. The summed E-state index contributed by atoms with van der Waals surface area (Å²) < 4.78 is 96.5. The lowest BCUT2D eigenvalue weighted by atomic mass is 10.1. The Hall–Kier alpha value is -3.65. The Morgan fingerprint density at radius 1 is 0.878 bits per heavy atom. The first-order chi connectivity index (χ1) is 19.3. The second-order valence-corrected chi connectivity index (χ2v) is 14.9. The van der Waals surface area contributed by atoms with E-state index in [1.807, 2.05) is 4.90 Å². The summed E-state index contributed by atoms with van der Waals surface area (Å²) in [6, 6.07) is 9.70. The van der Waals surface area contributed by atoms with Gasteiger partial charge in [0.15, 0.2) is 27.3 Å². The Morgan fingerprint density at radius 3 is 2.20 bits per heavy atom. The summed E-state index contributed by atoms with van der Waals surface area (Å²) in [4.78, 5) is 7.27. The van der Waals surface area contributed by atoms with E-state index in [-0.39, 0.29) is 45.4 Å². The van der Waals surface area contributed by atoms with Crippen LogP contribution < -0.4 is 9.80 Å². The molecular formula is C27H26F3N5O4S2. The molecule has 1 aliphatic heterocycles. The molecule has 6 rings (SSSR count). The number of sulfone groups is 1. The van der Waals surface area contributed by atoms with Crippen LogP contribution in [-0.2, 0) is 19.9 Å². The Morgan fingerprint density at radius 2 is 1.56 bits per heavy atom. The molecule has 0 amide bonds. The van der Waals surface area contributed by atoms with E-state index in [0.717, 1.165) is 16.4 Å². The van der Waals surface area contributed by atoms with Crippen LogP contribution in [0.3, 0.4) is 0 Å². The van der Waals surface area contributed by atoms with Crippen LogP contribution in [0.15, 0.2) is 64.5 Å². The molecule has 0 bridgehead atoms. The molecular weight excluding hydrogens is 579 g/mol. The minimum atomic E-state index is -4.35. The second kappa shape index (κ2) is 9.44. The SMILES string of the molecule is CC(C)S(=O)(=O)c1ccc(S(=O)(=O)n2nc(N3CCN(c4ncc(F)cc4F)CC34CC4)c3c(F)cccc32)cc1. The van der Waals surface area contributed by atoms with Crippen molar-refractivity contribution in [2.75, 3.05) is 29.4 Å². The van der Waals surface area contributed by atoms with E-state index in [1.165, 1.54) is 56.3 Å². The number of aromatic nitrogens is 3. The molecule has 0 radical (unpaired) electrons. The zero-order valence-electron chi connectivity index (χ0n) is 22.1. The number of fused-ring (bicyclic) bond motifs is 1. The number of halogens is 3. The molecule has 1 aliphatic carbocycles. The molecule has 14 heteroatoms. The average Bonchev–Trinajstić information content (AvgIpc) is 3.56. The van der Waals surface area contributed by atoms with Gasteiger partial charge in [0, 0.05) is 25.7 Å². The lowest BCUT2D eigenvalue weighted by Crippen LogP contribution is -2.56. The van der Waals surface area contributed by atoms with Crippen molar-refractivity contribution in [2.45, 2.75) is 47.3 Å². The van der Waals surface area contributed by atoms with Gasteiger partial charge in [-0.2, -0.15) is 12.5 Å². The van der Waals surface area contributed by atoms with Crippen LogP contribution in [0, 0.1) is 17.5 Å². The molecule has 216 valence electrons. The van der Waals surface area contributed by atoms with Crippen LogP contribution in [-0.4, -0.2) is 61.4 Å². The number of nitrogens with zero attached hydrogens (tertiary/aromatic N) is 5. The van der Waals surface area contributed by atoms with Crippen molar-refractivity contribution >= 4 is 42.4 Å². The van der Waals surface area contributed by atoms with Gasteiger partial charge in [0.1, 0.15) is 11.6 Å². The van der Waals surface area contributed by atoms with Gasteiger partial charge in [-0.25, -0.2) is 26.6 Å². The number of benzene rings is 2. The second-order valence-electron chi connectivity index (χ2n) is 10.6. The highest BCUT2D eigenvalue weighted by Crippen LogP contribution is 2.48. The van der Waals surface area contributed by atoms with Gasteiger partial charge in [0.25, 0.3) is 10.0 Å². The van der Waals surface area contributed by atoms with E-state index in [0.29, 0.717) is 19.4 Å². The van der Waals surface area contributed by atoms with Gasteiger partial charge in [0.05, 0.1) is 37.7 Å². The van der Waals surface area contributed by atoms with Crippen molar-refractivity contribution < 1.29 is 30.0 Å². The van der Waals surface area contributed by atoms with E-state index in [9.17, 15) is 25.6 Å². The van der Waals surface area contributed by atoms with E-state index in [1.54, 1.807) is 4.90 Å². The number of anilines is 2. The van der Waals surface area contributed by atoms with E-state index >= 15 is 4.39 Å². The van der Waals surface area contributed by atoms with Crippen molar-refractivity contribution in [3.8, 4) is 0 Å². The molecule has 2 aromatic heterocycles. The monoisotopic (exact) mass is 605 g/mol. The highest BCUT2D eigenvalue weighted by atomic mass is 32.2. The molecule has 2 aromatic carbocycles. The number of hydrogen-bond donors (Lipinski definition) is 0. The molecule has 1 saturated heterocycles. The molecule has 2 fully saturated rings. The minimum Gasteiger partial charge on any atom is -0.350 e. The molecule has 0 unspecified atom stereocenters. The quantitative estimate of drug-likeness (QED) is 0.323. The maximum absolute atomic E-state index is 15.3. The fraction of sp³-hybridized carbons (Fsp3) is 0.333. The third-order valence-electron chi connectivity index (χ3n) is 7.73. The van der Waals surface area contributed by atoms with Crippen LogP contribution in [0.2, 0.25) is 0 Å². The van der Waals surface area contributed by atoms with Crippen molar-refractivity contribution in [3.63, 3.8) is 0 Å². The molecule has 3 heterocycles. The summed E-state index contributed by atoms with van der Waals surface area (Å²) in [7, 11) is -7.97. The predicted molar refractivity (Wildman–Crippen MR) is 147 cm³/mol. The molecule has 1 saturated carbocycles. The summed E-state index contributed by atoms with van der Waals surface area (Å²) >= 11 is 0. The zero-order chi connectivity index (χ0) is 29.3. The van der Waals surface area contributed by atoms with Crippen LogP contribution >= 0.6 is 0 Å². The highest BCUT2D eigenvalue weighted by Gasteiger charge is 2.53. The smallest absolute Gasteiger partial charge is 0.283 e. The number of rotatable bonds is 6. The summed E-state index contributed by atoms with van der Waals surface area (Å²) in [5.74, 6) is -2.05. The summed E-state index contributed by atoms with van der Waals surface area (Å²) in [5.41, 5.74) is -0.533. The number of piperazine rings is 1. The molecule has 0 N–H and O–H groups in total. The predicted octanol–water partition coefficient (Wildman–Crippen LogP) is 4.13. The van der Waals surface area contributed by atoms with Gasteiger partial charge in [0.2, 0.25) is 0 Å². The number of hydrogen-bond acceptors (Lipinski definition) is 8. The van der Waals surface area contributed by atoms with Gasteiger partial charge in [-0.05, 0) is 63.1 Å². The van der Waals surface area contributed by atoms with Gasteiger partial charge < -0.3 is 9.80 Å². The molecule has 4 aromatic rings. The molecule has 0 atom stereocenters. The normalized spacial score (nSPS) is 17.1. The van der Waals surface area contributed by atoms with Crippen LogP contribution in [0.25, 0.3) is 10.9 Å². The Labute approximate surface area is 235 Å². The van der Waals surface area contributed by atoms with Crippen molar-refractivity contribution in [2.24, 2.45) is 0 Å². The molecule has 9 nitrogen and oxygen atoms in total. The van der Waals surface area contributed by atoms with E-state index in [4.69, 9.17) is 0 Å². The third-order valence-corrected chi connectivity index (χ3v) is 11.5. The van der Waals surface area contributed by atoms with E-state index in [2.05, 4.69) is 10.1 Å². The van der Waals surface area contributed by atoms with Gasteiger partial charge in [-0.15, -0.1) is 5.10 Å². The summed E-state index contributed by atoms with van der Waals surface area (Å²) in [6.07, 6.45) is 2.30. The van der Waals surface area contributed by atoms with Crippen molar-refractivity contribution in [1.82, 2.24) is 14.2 Å². The molecule has 1 spiro atoms. The van der Waals surface area contributed by atoms with E-state index < -0.39 is 48.1 Å². The first-order valence-corrected chi connectivity index (χ1v) is 15.9. The largest absolute Gasteiger partial charge is 0.350 e. The van der Waals surface area contributed by atoms with Crippen molar-refractivity contribution in [3.05, 3.63) is 72.2 Å². The zero-order valence-corrected chi connectivity index (χ0v) is 23.8. The maximum Gasteiger partial charge on any atom is 0.283 e. The lowest BCUT2D eigenvalue weighted by Gasteiger charge is -2.43. The Bertz CT molecular complexity index is 1890. The summed E-state index contributed by atoms with van der Waals surface area (Å²) in [6.45, 7) is 3.90. The average molecular weight is 606 g/mol. The number of pyridine rings is 1. The first kappa shape index (κ1) is 27.5. The van der Waals surface area contributed by atoms with Gasteiger partial charge in [-0.3, -0.25) is 0 Å².